The van der Waals surface area contributed by atoms with E-state index in [1.165, 1.54) is 4.90 Å². The second-order valence-corrected chi connectivity index (χ2v) is 4.55. The average molecular weight is 222 g/mol. The normalized spacial score (nSPS) is 24.9. The zero-order valence-corrected chi connectivity index (χ0v) is 8.18. The summed E-state index contributed by atoms with van der Waals surface area (Å²) in [6.07, 6.45) is -3.70. The van der Waals surface area contributed by atoms with Crippen molar-refractivity contribution in [1.82, 2.24) is 4.90 Å². The van der Waals surface area contributed by atoms with Gasteiger partial charge in [0.1, 0.15) is 6.42 Å². The molecule has 0 aromatic heterocycles. The predicted octanol–water partition coefficient (Wildman–Crippen LogP) is 0.889. The van der Waals surface area contributed by atoms with Crippen LogP contribution in [-0.2, 0) is 4.79 Å². The Bertz CT molecular complexity index is 280. The van der Waals surface area contributed by atoms with Crippen LogP contribution >= 0.6 is 0 Å². The van der Waals surface area contributed by atoms with Crippen molar-refractivity contribution in [3.8, 4) is 0 Å². The molecule has 3 nitrogen and oxygen atoms in total. The van der Waals surface area contributed by atoms with Crippen LogP contribution in [0.25, 0.3) is 0 Å². The van der Waals surface area contributed by atoms with Crippen LogP contribution < -0.4 is 5.73 Å². The lowest BCUT2D eigenvalue weighted by molar-refractivity contribution is -0.167. The number of hydrogen-bond acceptors (Lipinski definition) is 2. The Hall–Kier alpha value is -0.780. The molecule has 6 heteroatoms. The van der Waals surface area contributed by atoms with Crippen LogP contribution in [-0.4, -0.2) is 35.6 Å². The quantitative estimate of drug-likeness (QED) is 0.754. The zero-order valence-electron chi connectivity index (χ0n) is 8.18. The Labute approximate surface area is 85.4 Å². The molecule has 0 aromatic carbocycles. The fourth-order valence-corrected chi connectivity index (χ4v) is 2.04. The summed E-state index contributed by atoms with van der Waals surface area (Å²) in [5.41, 5.74) is 5.52. The number of amides is 1. The highest BCUT2D eigenvalue weighted by Crippen LogP contribution is 2.43. The van der Waals surface area contributed by atoms with Gasteiger partial charge in [0, 0.05) is 13.1 Å². The molecule has 0 spiro atoms. The van der Waals surface area contributed by atoms with Crippen molar-refractivity contribution in [1.29, 1.82) is 0 Å². The van der Waals surface area contributed by atoms with Crippen molar-refractivity contribution in [2.45, 2.75) is 31.0 Å². The van der Waals surface area contributed by atoms with Crippen molar-refractivity contribution in [3.05, 3.63) is 0 Å². The van der Waals surface area contributed by atoms with Gasteiger partial charge in [0.2, 0.25) is 5.91 Å². The van der Waals surface area contributed by atoms with Crippen LogP contribution in [0.5, 0.6) is 0 Å². The first kappa shape index (κ1) is 10.7. The number of nitrogens with two attached hydrogens (primary N) is 1. The largest absolute Gasteiger partial charge is 0.397 e. The molecule has 0 atom stereocenters. The SMILES string of the molecule is NC1(C2CC2)CN(C(=O)CC(F)(F)F)C1. The molecule has 1 aliphatic carbocycles. The minimum Gasteiger partial charge on any atom is -0.339 e. The Morgan fingerprint density at radius 2 is 1.93 bits per heavy atom. The molecule has 1 aliphatic heterocycles. The number of carbonyl (C=O) groups excluding carboxylic acids is 1. The maximum atomic E-state index is 11.9. The highest BCUT2D eigenvalue weighted by Gasteiger charge is 2.52. The maximum absolute atomic E-state index is 11.9. The Morgan fingerprint density at radius 1 is 1.40 bits per heavy atom. The molecule has 2 rings (SSSR count). The zero-order chi connectivity index (χ0) is 11.3. The summed E-state index contributed by atoms with van der Waals surface area (Å²) >= 11 is 0. The third-order valence-electron chi connectivity index (χ3n) is 3.07. The molecule has 1 heterocycles. The molecule has 86 valence electrons. The topological polar surface area (TPSA) is 46.3 Å². The summed E-state index contributed by atoms with van der Waals surface area (Å²) in [4.78, 5) is 12.3. The number of likely N-dealkylation sites (tertiary alicyclic amines) is 1. The van der Waals surface area contributed by atoms with E-state index in [1.807, 2.05) is 0 Å². The van der Waals surface area contributed by atoms with E-state index >= 15 is 0 Å². The number of halogens is 3. The monoisotopic (exact) mass is 222 g/mol. The number of rotatable bonds is 2. The molecule has 1 saturated carbocycles. The van der Waals surface area contributed by atoms with Crippen LogP contribution in [0.15, 0.2) is 0 Å². The van der Waals surface area contributed by atoms with Crippen molar-refractivity contribution in [2.75, 3.05) is 13.1 Å². The molecule has 0 aromatic rings. The molecular weight excluding hydrogens is 209 g/mol. The summed E-state index contributed by atoms with van der Waals surface area (Å²) in [7, 11) is 0. The minimum atomic E-state index is -4.41. The Balaban J connectivity index is 1.81. The number of hydrogen-bond donors (Lipinski definition) is 1. The van der Waals surface area contributed by atoms with Gasteiger partial charge < -0.3 is 10.6 Å². The number of alkyl halides is 3. The predicted molar refractivity (Wildman–Crippen MR) is 46.9 cm³/mol. The second-order valence-electron chi connectivity index (χ2n) is 4.55. The van der Waals surface area contributed by atoms with E-state index in [9.17, 15) is 18.0 Å². The Morgan fingerprint density at radius 3 is 2.33 bits per heavy atom. The molecule has 1 amide bonds. The summed E-state index contributed by atoms with van der Waals surface area (Å²) in [6.45, 7) is 0.569. The molecule has 2 fully saturated rings. The number of carbonyl (C=O) groups is 1. The molecule has 2 aliphatic rings. The summed E-state index contributed by atoms with van der Waals surface area (Å²) in [6, 6.07) is 0. The van der Waals surface area contributed by atoms with Crippen molar-refractivity contribution < 1.29 is 18.0 Å². The Kier molecular flexibility index (Phi) is 2.22. The standard InChI is InChI=1S/C9H13F3N2O/c10-9(11,12)3-7(15)14-4-8(13,5-14)6-1-2-6/h6H,1-5,13H2. The first-order valence-corrected chi connectivity index (χ1v) is 4.94. The molecule has 1 saturated heterocycles. The van der Waals surface area contributed by atoms with E-state index in [-0.39, 0.29) is 13.1 Å². The molecule has 0 radical (unpaired) electrons. The van der Waals surface area contributed by atoms with Gasteiger partial charge in [-0.15, -0.1) is 0 Å². The average Bonchev–Trinajstić information content (AvgIpc) is 2.76. The molecule has 0 bridgehead atoms. The summed E-state index contributed by atoms with van der Waals surface area (Å²) < 4.78 is 35.7. The van der Waals surface area contributed by atoms with Gasteiger partial charge in [0.25, 0.3) is 0 Å². The lowest BCUT2D eigenvalue weighted by Gasteiger charge is -2.48. The van der Waals surface area contributed by atoms with E-state index in [2.05, 4.69) is 0 Å². The lowest BCUT2D eigenvalue weighted by Crippen LogP contribution is -2.70. The van der Waals surface area contributed by atoms with E-state index < -0.39 is 24.0 Å². The molecular formula is C9H13F3N2O. The molecule has 0 unspecified atom stereocenters. The van der Waals surface area contributed by atoms with Crippen LogP contribution in [0.3, 0.4) is 0 Å². The van der Waals surface area contributed by atoms with Gasteiger partial charge in [-0.2, -0.15) is 13.2 Å². The third-order valence-corrected chi connectivity index (χ3v) is 3.07. The van der Waals surface area contributed by atoms with E-state index in [0.717, 1.165) is 12.8 Å². The van der Waals surface area contributed by atoms with Crippen LogP contribution in [0.1, 0.15) is 19.3 Å². The highest BCUT2D eigenvalue weighted by molar-refractivity contribution is 5.78. The van der Waals surface area contributed by atoms with Gasteiger partial charge >= 0.3 is 6.18 Å². The first-order chi connectivity index (χ1) is 6.80. The van der Waals surface area contributed by atoms with Crippen molar-refractivity contribution in [2.24, 2.45) is 11.7 Å². The first-order valence-electron chi connectivity index (χ1n) is 4.94. The smallest absolute Gasteiger partial charge is 0.339 e. The van der Waals surface area contributed by atoms with Crippen molar-refractivity contribution in [3.63, 3.8) is 0 Å². The van der Waals surface area contributed by atoms with Crippen LogP contribution in [0.4, 0.5) is 13.2 Å². The fraction of sp³-hybridized carbons (Fsp3) is 0.889. The fourth-order valence-electron chi connectivity index (χ4n) is 2.04. The van der Waals surface area contributed by atoms with E-state index in [1.54, 1.807) is 0 Å². The summed E-state index contributed by atoms with van der Waals surface area (Å²) in [5, 5.41) is 0. The molecule has 15 heavy (non-hydrogen) atoms. The van der Waals surface area contributed by atoms with Gasteiger partial charge in [0.05, 0.1) is 5.54 Å². The van der Waals surface area contributed by atoms with Gasteiger partial charge in [0.15, 0.2) is 0 Å². The van der Waals surface area contributed by atoms with E-state index in [0.29, 0.717) is 5.92 Å². The third kappa shape index (κ3) is 2.25. The van der Waals surface area contributed by atoms with Gasteiger partial charge in [-0.25, -0.2) is 0 Å². The minimum absolute atomic E-state index is 0.284. The van der Waals surface area contributed by atoms with Crippen LogP contribution in [0.2, 0.25) is 0 Å². The van der Waals surface area contributed by atoms with E-state index in [4.69, 9.17) is 5.73 Å². The molecule has 2 N–H and O–H groups in total. The maximum Gasteiger partial charge on any atom is 0.397 e. The van der Waals surface area contributed by atoms with Crippen LogP contribution in [0, 0.1) is 5.92 Å². The number of nitrogens with zero attached hydrogens (tertiary/aromatic N) is 1. The lowest BCUT2D eigenvalue weighted by atomic mass is 9.85. The highest BCUT2D eigenvalue weighted by atomic mass is 19.4. The van der Waals surface area contributed by atoms with Crippen molar-refractivity contribution >= 4 is 5.91 Å². The van der Waals surface area contributed by atoms with Gasteiger partial charge in [-0.05, 0) is 18.8 Å². The second kappa shape index (κ2) is 3.10. The summed E-state index contributed by atoms with van der Waals surface area (Å²) in [5.74, 6) is -0.448. The van der Waals surface area contributed by atoms with Gasteiger partial charge in [-0.3, -0.25) is 4.79 Å². The van der Waals surface area contributed by atoms with Gasteiger partial charge in [-0.1, -0.05) is 0 Å².